The van der Waals surface area contributed by atoms with Gasteiger partial charge in [0.15, 0.2) is 5.69 Å². The minimum atomic E-state index is -0.734. The predicted octanol–water partition coefficient (Wildman–Crippen LogP) is 2.40. The van der Waals surface area contributed by atoms with Gasteiger partial charge in [0.25, 0.3) is 0 Å². The summed E-state index contributed by atoms with van der Waals surface area (Å²) in [7, 11) is 0. The van der Waals surface area contributed by atoms with Crippen molar-refractivity contribution in [1.29, 1.82) is 5.26 Å². The van der Waals surface area contributed by atoms with E-state index in [1.807, 2.05) is 12.1 Å². The van der Waals surface area contributed by atoms with E-state index in [0.717, 1.165) is 37.9 Å². The smallest absolute Gasteiger partial charge is 0.303 e. The summed E-state index contributed by atoms with van der Waals surface area (Å²) in [5.74, 6) is -0.734. The number of carbonyl (C=O) groups is 1. The van der Waals surface area contributed by atoms with Crippen molar-refractivity contribution in [2.75, 3.05) is 11.9 Å². The van der Waals surface area contributed by atoms with E-state index < -0.39 is 5.97 Å². The minimum Gasteiger partial charge on any atom is -0.481 e. The highest BCUT2D eigenvalue weighted by Crippen LogP contribution is 2.11. The van der Waals surface area contributed by atoms with Gasteiger partial charge in [-0.15, -0.1) is 0 Å². The van der Waals surface area contributed by atoms with Gasteiger partial charge >= 0.3 is 5.97 Å². The number of nitriles is 1. The molecular weight excluding hydrogens is 230 g/mol. The first-order valence-electron chi connectivity index (χ1n) is 6.05. The quantitative estimate of drug-likeness (QED) is 0.689. The Morgan fingerprint density at radius 1 is 1.39 bits per heavy atom. The van der Waals surface area contributed by atoms with Crippen LogP contribution in [0.15, 0.2) is 18.3 Å². The fourth-order valence-corrected chi connectivity index (χ4v) is 1.61. The molecule has 0 saturated heterocycles. The predicted molar refractivity (Wildman–Crippen MR) is 68.2 cm³/mol. The minimum absolute atomic E-state index is 0.245. The maximum Gasteiger partial charge on any atom is 0.303 e. The molecular formula is C13H17N3O2. The maximum absolute atomic E-state index is 10.3. The Kier molecular flexibility index (Phi) is 6.26. The van der Waals surface area contributed by atoms with Gasteiger partial charge in [0.2, 0.25) is 0 Å². The third kappa shape index (κ3) is 5.30. The number of hydrogen-bond donors (Lipinski definition) is 2. The number of carboxylic acid groups (broad SMARTS) is 1. The van der Waals surface area contributed by atoms with E-state index >= 15 is 0 Å². The molecule has 0 aliphatic rings. The van der Waals surface area contributed by atoms with Crippen LogP contribution in [0, 0.1) is 11.3 Å². The van der Waals surface area contributed by atoms with E-state index in [1.165, 1.54) is 0 Å². The van der Waals surface area contributed by atoms with E-state index in [-0.39, 0.29) is 6.42 Å². The van der Waals surface area contributed by atoms with E-state index in [0.29, 0.717) is 5.69 Å². The normalized spacial score (nSPS) is 9.72. The summed E-state index contributed by atoms with van der Waals surface area (Å²) in [5, 5.41) is 20.5. The second-order valence-corrected chi connectivity index (χ2v) is 4.00. The summed E-state index contributed by atoms with van der Waals surface area (Å²) >= 11 is 0. The molecule has 0 spiro atoms. The molecule has 0 aromatic carbocycles. The Hall–Kier alpha value is -2.09. The van der Waals surface area contributed by atoms with Gasteiger partial charge in [-0.1, -0.05) is 12.8 Å². The van der Waals surface area contributed by atoms with Crippen molar-refractivity contribution < 1.29 is 9.90 Å². The van der Waals surface area contributed by atoms with E-state index in [2.05, 4.69) is 10.3 Å². The zero-order valence-electron chi connectivity index (χ0n) is 10.2. The standard InChI is InChI=1S/C13H17N3O2/c14-10-12-11(6-5-9-16-12)15-8-4-2-1-3-7-13(17)18/h5-6,9,15H,1-4,7-8H2,(H,17,18). The molecule has 0 saturated carbocycles. The fraction of sp³-hybridized carbons (Fsp3) is 0.462. The summed E-state index contributed by atoms with van der Waals surface area (Å²) in [6, 6.07) is 5.65. The molecule has 2 N–H and O–H groups in total. The van der Waals surface area contributed by atoms with Crippen LogP contribution in [-0.2, 0) is 4.79 Å². The van der Waals surface area contributed by atoms with E-state index in [1.54, 1.807) is 12.3 Å². The number of rotatable bonds is 8. The number of carboxylic acids is 1. The van der Waals surface area contributed by atoms with E-state index in [9.17, 15) is 4.79 Å². The largest absolute Gasteiger partial charge is 0.481 e. The highest BCUT2D eigenvalue weighted by atomic mass is 16.4. The molecule has 0 aliphatic carbocycles. The first kappa shape index (κ1) is 14.0. The molecule has 0 radical (unpaired) electrons. The van der Waals surface area contributed by atoms with Gasteiger partial charge in [-0.05, 0) is 25.0 Å². The highest BCUT2D eigenvalue weighted by molar-refractivity contribution is 5.66. The van der Waals surface area contributed by atoms with Gasteiger partial charge in [-0.2, -0.15) is 5.26 Å². The lowest BCUT2D eigenvalue weighted by Gasteiger charge is -2.06. The number of nitrogens with one attached hydrogen (secondary N) is 1. The second-order valence-electron chi connectivity index (χ2n) is 4.00. The zero-order chi connectivity index (χ0) is 13.2. The van der Waals surface area contributed by atoms with Crippen LogP contribution < -0.4 is 5.32 Å². The third-order valence-corrected chi connectivity index (χ3v) is 2.55. The van der Waals surface area contributed by atoms with Crippen LogP contribution in [-0.4, -0.2) is 22.6 Å². The molecule has 1 aromatic heterocycles. The molecule has 1 aromatic rings. The molecule has 0 amide bonds. The molecule has 0 unspecified atom stereocenters. The monoisotopic (exact) mass is 247 g/mol. The van der Waals surface area contributed by atoms with Crippen molar-refractivity contribution in [3.8, 4) is 6.07 Å². The Morgan fingerprint density at radius 2 is 2.17 bits per heavy atom. The van der Waals surface area contributed by atoms with Crippen molar-refractivity contribution in [2.45, 2.75) is 32.1 Å². The fourth-order valence-electron chi connectivity index (χ4n) is 1.61. The lowest BCUT2D eigenvalue weighted by atomic mass is 10.1. The average molecular weight is 247 g/mol. The molecule has 1 heterocycles. The molecule has 5 heteroatoms. The van der Waals surface area contributed by atoms with Crippen molar-refractivity contribution in [2.24, 2.45) is 0 Å². The lowest BCUT2D eigenvalue weighted by Crippen LogP contribution is -2.04. The first-order chi connectivity index (χ1) is 8.74. The van der Waals surface area contributed by atoms with Crippen LogP contribution in [0.2, 0.25) is 0 Å². The number of nitrogens with zero attached hydrogens (tertiary/aromatic N) is 2. The molecule has 96 valence electrons. The van der Waals surface area contributed by atoms with Crippen LogP contribution >= 0.6 is 0 Å². The van der Waals surface area contributed by atoms with Gasteiger partial charge in [-0.3, -0.25) is 4.79 Å². The highest BCUT2D eigenvalue weighted by Gasteiger charge is 2.00. The summed E-state index contributed by atoms with van der Waals surface area (Å²) in [4.78, 5) is 14.2. The summed E-state index contributed by atoms with van der Waals surface area (Å²) in [5.41, 5.74) is 1.16. The van der Waals surface area contributed by atoms with Crippen LogP contribution in [0.25, 0.3) is 0 Å². The lowest BCUT2D eigenvalue weighted by molar-refractivity contribution is -0.137. The van der Waals surface area contributed by atoms with Gasteiger partial charge in [-0.25, -0.2) is 4.98 Å². The third-order valence-electron chi connectivity index (χ3n) is 2.55. The molecule has 1 rings (SSSR count). The van der Waals surface area contributed by atoms with Crippen LogP contribution in [0.3, 0.4) is 0 Å². The number of aliphatic carboxylic acids is 1. The summed E-state index contributed by atoms with van der Waals surface area (Å²) in [6.07, 6.45) is 5.43. The van der Waals surface area contributed by atoms with Crippen LogP contribution in [0.5, 0.6) is 0 Å². The zero-order valence-corrected chi connectivity index (χ0v) is 10.2. The van der Waals surface area contributed by atoms with Gasteiger partial charge in [0, 0.05) is 19.2 Å². The Balaban J connectivity index is 2.15. The van der Waals surface area contributed by atoms with Crippen molar-refractivity contribution in [3.63, 3.8) is 0 Å². The topological polar surface area (TPSA) is 86.0 Å². The number of anilines is 1. The van der Waals surface area contributed by atoms with Crippen LogP contribution in [0.4, 0.5) is 5.69 Å². The van der Waals surface area contributed by atoms with Crippen LogP contribution in [0.1, 0.15) is 37.8 Å². The Morgan fingerprint density at radius 3 is 2.89 bits per heavy atom. The van der Waals surface area contributed by atoms with Gasteiger partial charge in [0.1, 0.15) is 6.07 Å². The first-order valence-corrected chi connectivity index (χ1v) is 6.05. The SMILES string of the molecule is N#Cc1ncccc1NCCCCCCC(=O)O. The van der Waals surface area contributed by atoms with Crippen molar-refractivity contribution >= 4 is 11.7 Å². The number of aromatic nitrogens is 1. The van der Waals surface area contributed by atoms with E-state index in [4.69, 9.17) is 10.4 Å². The van der Waals surface area contributed by atoms with Gasteiger partial charge < -0.3 is 10.4 Å². The summed E-state index contributed by atoms with van der Waals surface area (Å²) < 4.78 is 0. The number of pyridine rings is 1. The van der Waals surface area contributed by atoms with Crippen molar-refractivity contribution in [3.05, 3.63) is 24.0 Å². The maximum atomic E-state index is 10.3. The molecule has 5 nitrogen and oxygen atoms in total. The van der Waals surface area contributed by atoms with Gasteiger partial charge in [0.05, 0.1) is 5.69 Å². The molecule has 0 atom stereocenters. The summed E-state index contributed by atoms with van der Waals surface area (Å²) in [6.45, 7) is 0.771. The number of unbranched alkanes of at least 4 members (excludes halogenated alkanes) is 3. The second kappa shape index (κ2) is 8.07. The average Bonchev–Trinajstić information content (AvgIpc) is 2.37. The number of hydrogen-bond acceptors (Lipinski definition) is 4. The Labute approximate surface area is 106 Å². The Bertz CT molecular complexity index is 426. The molecule has 0 fully saturated rings. The molecule has 0 aliphatic heterocycles. The molecule has 18 heavy (non-hydrogen) atoms. The van der Waals surface area contributed by atoms with Crippen molar-refractivity contribution in [1.82, 2.24) is 4.98 Å². The molecule has 0 bridgehead atoms.